The molecule has 3 aromatic heterocycles. The maximum atomic E-state index is 15.2. The van der Waals surface area contributed by atoms with Crippen molar-refractivity contribution < 1.29 is 13.9 Å². The van der Waals surface area contributed by atoms with Crippen LogP contribution in [0.2, 0.25) is 0 Å². The van der Waals surface area contributed by atoms with Crippen molar-refractivity contribution in [3.05, 3.63) is 67.1 Å². The normalized spacial score (nSPS) is 16.9. The largest absolute Gasteiger partial charge is 0.489 e. The van der Waals surface area contributed by atoms with Gasteiger partial charge in [-0.25, -0.2) is 23.9 Å². The molecule has 2 bridgehead atoms. The second-order valence-corrected chi connectivity index (χ2v) is 8.73. The standard InChI is InChI=1S/C25H21FN8O2/c26-18-9-16(36-17-5-7-34-22(10-17)29-14-31-34)1-2-19(18)32-25-23-20(28-13-30-25)3-4-21-24(23)35-12-15-11-33(21)8-6-27-15/h1-5,7,9-10,13-15,27H,6,8,11-12H2,(H,28,30,32)/t15-/m1/s1. The Morgan fingerprint density at radius 1 is 1.06 bits per heavy atom. The van der Waals surface area contributed by atoms with Crippen molar-refractivity contribution in [2.75, 3.05) is 36.5 Å². The van der Waals surface area contributed by atoms with Crippen LogP contribution in [0.25, 0.3) is 16.6 Å². The number of aromatic nitrogens is 5. The molecule has 180 valence electrons. The number of nitrogens with zero attached hydrogens (tertiary/aromatic N) is 6. The Bertz CT molecular complexity index is 1610. The van der Waals surface area contributed by atoms with Crippen molar-refractivity contribution in [1.82, 2.24) is 29.9 Å². The first-order chi connectivity index (χ1) is 17.7. The van der Waals surface area contributed by atoms with Crippen LogP contribution in [0, 0.1) is 5.82 Å². The summed E-state index contributed by atoms with van der Waals surface area (Å²) < 4.78 is 28.9. The Labute approximate surface area is 204 Å². The second kappa shape index (κ2) is 8.31. The first-order valence-electron chi connectivity index (χ1n) is 11.6. The van der Waals surface area contributed by atoms with E-state index in [0.717, 1.165) is 36.2 Å². The molecule has 5 heterocycles. The van der Waals surface area contributed by atoms with Crippen LogP contribution in [0.15, 0.2) is 61.3 Å². The third kappa shape index (κ3) is 3.60. The van der Waals surface area contributed by atoms with E-state index < -0.39 is 5.82 Å². The van der Waals surface area contributed by atoms with Gasteiger partial charge in [-0.15, -0.1) is 0 Å². The van der Waals surface area contributed by atoms with Gasteiger partial charge >= 0.3 is 0 Å². The Morgan fingerprint density at radius 3 is 2.94 bits per heavy atom. The molecule has 5 aromatic rings. The van der Waals surface area contributed by atoms with Crippen molar-refractivity contribution in [1.29, 1.82) is 0 Å². The van der Waals surface area contributed by atoms with Gasteiger partial charge in [-0.3, -0.25) is 0 Å². The fourth-order valence-corrected chi connectivity index (χ4v) is 4.73. The van der Waals surface area contributed by atoms with Crippen molar-refractivity contribution in [3.63, 3.8) is 0 Å². The highest BCUT2D eigenvalue weighted by Crippen LogP contribution is 2.41. The van der Waals surface area contributed by atoms with Gasteiger partial charge < -0.3 is 25.0 Å². The van der Waals surface area contributed by atoms with E-state index in [1.807, 2.05) is 12.1 Å². The zero-order chi connectivity index (χ0) is 24.1. The molecule has 0 saturated carbocycles. The number of nitrogens with one attached hydrogen (secondary N) is 2. The lowest BCUT2D eigenvalue weighted by molar-refractivity contribution is 0.273. The molecule has 36 heavy (non-hydrogen) atoms. The molecule has 0 amide bonds. The van der Waals surface area contributed by atoms with Gasteiger partial charge in [0.05, 0.1) is 28.3 Å². The van der Waals surface area contributed by atoms with E-state index in [2.05, 4.69) is 35.6 Å². The number of pyridine rings is 1. The minimum atomic E-state index is -0.477. The van der Waals surface area contributed by atoms with Gasteiger partial charge in [-0.2, -0.15) is 5.10 Å². The zero-order valence-corrected chi connectivity index (χ0v) is 19.1. The number of hydrogen-bond donors (Lipinski definition) is 2. The minimum Gasteiger partial charge on any atom is -0.489 e. The lowest BCUT2D eigenvalue weighted by Crippen LogP contribution is -2.51. The summed E-state index contributed by atoms with van der Waals surface area (Å²) >= 11 is 0. The van der Waals surface area contributed by atoms with E-state index in [-0.39, 0.29) is 11.7 Å². The first-order valence-corrected chi connectivity index (χ1v) is 11.6. The van der Waals surface area contributed by atoms with Crippen molar-refractivity contribution in [2.45, 2.75) is 6.04 Å². The fourth-order valence-electron chi connectivity index (χ4n) is 4.73. The van der Waals surface area contributed by atoms with E-state index in [1.165, 1.54) is 18.7 Å². The second-order valence-electron chi connectivity index (χ2n) is 8.73. The van der Waals surface area contributed by atoms with Crippen molar-refractivity contribution in [2.24, 2.45) is 0 Å². The first kappa shape index (κ1) is 20.8. The molecule has 1 fully saturated rings. The van der Waals surface area contributed by atoms with Gasteiger partial charge in [0, 0.05) is 38.0 Å². The predicted molar refractivity (Wildman–Crippen MR) is 132 cm³/mol. The van der Waals surface area contributed by atoms with E-state index in [0.29, 0.717) is 35.3 Å². The maximum Gasteiger partial charge on any atom is 0.158 e. The van der Waals surface area contributed by atoms with Crippen LogP contribution in [0.1, 0.15) is 0 Å². The summed E-state index contributed by atoms with van der Waals surface area (Å²) in [4.78, 5) is 15.3. The fraction of sp³-hybridized carbons (Fsp3) is 0.200. The average molecular weight is 484 g/mol. The summed E-state index contributed by atoms with van der Waals surface area (Å²) in [6.07, 6.45) is 4.65. The number of fused-ring (bicyclic) bond motifs is 7. The van der Waals surface area contributed by atoms with E-state index in [4.69, 9.17) is 9.47 Å². The summed E-state index contributed by atoms with van der Waals surface area (Å²) in [7, 11) is 0. The molecule has 11 heteroatoms. The van der Waals surface area contributed by atoms with Crippen molar-refractivity contribution >= 4 is 33.7 Å². The van der Waals surface area contributed by atoms with Gasteiger partial charge in [0.2, 0.25) is 0 Å². The molecule has 2 aliphatic rings. The summed E-state index contributed by atoms with van der Waals surface area (Å²) in [6.45, 7) is 3.19. The predicted octanol–water partition coefficient (Wildman–Crippen LogP) is 3.52. The quantitative estimate of drug-likeness (QED) is 0.397. The Balaban J connectivity index is 1.21. The summed E-state index contributed by atoms with van der Waals surface area (Å²) in [5.74, 6) is 1.61. The molecule has 0 unspecified atom stereocenters. The molecular formula is C25H21FN8O2. The SMILES string of the molecule is Fc1cc(Oc2ccn3ncnc3c2)ccc1Nc1ncnc2ccc3c(c12)OC[C@H]1CN3CCN1. The topological polar surface area (TPSA) is 102 Å². The monoisotopic (exact) mass is 484 g/mol. The number of rotatable bonds is 4. The third-order valence-corrected chi connectivity index (χ3v) is 6.44. The Morgan fingerprint density at radius 2 is 2.00 bits per heavy atom. The maximum absolute atomic E-state index is 15.2. The van der Waals surface area contributed by atoms with Crippen LogP contribution in [-0.2, 0) is 0 Å². The van der Waals surface area contributed by atoms with Crippen LogP contribution in [-0.4, -0.2) is 56.8 Å². The van der Waals surface area contributed by atoms with Crippen LogP contribution in [0.4, 0.5) is 21.6 Å². The highest BCUT2D eigenvalue weighted by atomic mass is 19.1. The molecule has 2 N–H and O–H groups in total. The van der Waals surface area contributed by atoms with Gasteiger partial charge in [0.1, 0.15) is 42.4 Å². The highest BCUT2D eigenvalue weighted by molar-refractivity contribution is 6.00. The van der Waals surface area contributed by atoms with Crippen molar-refractivity contribution in [3.8, 4) is 17.2 Å². The average Bonchev–Trinajstić information content (AvgIpc) is 3.32. The van der Waals surface area contributed by atoms with Gasteiger partial charge in [-0.05, 0) is 30.3 Å². The molecule has 2 aromatic carbocycles. The van der Waals surface area contributed by atoms with Gasteiger partial charge in [-0.1, -0.05) is 0 Å². The van der Waals surface area contributed by atoms with Gasteiger partial charge in [0.15, 0.2) is 11.4 Å². The lowest BCUT2D eigenvalue weighted by Gasteiger charge is -2.32. The molecular weight excluding hydrogens is 463 g/mol. The summed E-state index contributed by atoms with van der Waals surface area (Å²) in [5, 5.41) is 11.4. The zero-order valence-electron chi connectivity index (χ0n) is 19.1. The smallest absolute Gasteiger partial charge is 0.158 e. The Hall–Kier alpha value is -4.51. The van der Waals surface area contributed by atoms with Crippen LogP contribution < -0.4 is 25.0 Å². The molecule has 0 radical (unpaired) electrons. The number of hydrogen-bond acceptors (Lipinski definition) is 9. The molecule has 1 atom stereocenters. The highest BCUT2D eigenvalue weighted by Gasteiger charge is 2.28. The third-order valence-electron chi connectivity index (χ3n) is 6.44. The number of anilines is 3. The molecule has 1 saturated heterocycles. The van der Waals surface area contributed by atoms with E-state index >= 15 is 4.39 Å². The van der Waals surface area contributed by atoms with Crippen LogP contribution in [0.3, 0.4) is 0 Å². The summed E-state index contributed by atoms with van der Waals surface area (Å²) in [5.41, 5.74) is 2.63. The number of piperazine rings is 1. The molecule has 0 aliphatic carbocycles. The van der Waals surface area contributed by atoms with Crippen LogP contribution >= 0.6 is 0 Å². The number of ether oxygens (including phenoxy) is 2. The molecule has 7 rings (SSSR count). The number of benzene rings is 2. The minimum absolute atomic E-state index is 0.248. The lowest BCUT2D eigenvalue weighted by atomic mass is 10.1. The molecule has 0 spiro atoms. The molecule has 10 nitrogen and oxygen atoms in total. The van der Waals surface area contributed by atoms with Gasteiger partial charge in [0.25, 0.3) is 0 Å². The number of halogens is 1. The van der Waals surface area contributed by atoms with E-state index in [1.54, 1.807) is 35.0 Å². The van der Waals surface area contributed by atoms with Crippen LogP contribution in [0.5, 0.6) is 17.2 Å². The van der Waals surface area contributed by atoms with E-state index in [9.17, 15) is 0 Å². The summed E-state index contributed by atoms with van der Waals surface area (Å²) in [6, 6.07) is 12.4. The molecule has 2 aliphatic heterocycles. The Kier molecular flexibility index (Phi) is 4.81.